The number of fused-ring (bicyclic) bond motifs is 1. The Labute approximate surface area is 200 Å². The summed E-state index contributed by atoms with van der Waals surface area (Å²) in [6.45, 7) is 9.31. The van der Waals surface area contributed by atoms with Crippen molar-refractivity contribution in [3.63, 3.8) is 0 Å². The number of carbonyl (C=O) groups excluding carboxylic acids is 1. The molecule has 1 N–H and O–H groups in total. The van der Waals surface area contributed by atoms with E-state index in [2.05, 4.69) is 32.1 Å². The lowest BCUT2D eigenvalue weighted by atomic mass is 10.1. The second-order valence-electron chi connectivity index (χ2n) is 8.88. The van der Waals surface area contributed by atoms with Crippen molar-refractivity contribution in [2.75, 3.05) is 45.8 Å². The molecule has 3 aromatic rings. The minimum absolute atomic E-state index is 0.0839. The number of hydrogen-bond acceptors (Lipinski definition) is 6. The van der Waals surface area contributed by atoms with Crippen LogP contribution in [0.3, 0.4) is 0 Å². The summed E-state index contributed by atoms with van der Waals surface area (Å²) >= 11 is 0. The Morgan fingerprint density at radius 2 is 1.74 bits per heavy atom. The molecule has 8 nitrogen and oxygen atoms in total. The maximum Gasteiger partial charge on any atom is 0.275 e. The molecule has 0 aliphatic carbocycles. The molecule has 1 saturated heterocycles. The van der Waals surface area contributed by atoms with Gasteiger partial charge in [0.25, 0.3) is 5.56 Å². The first-order valence-corrected chi connectivity index (χ1v) is 12.2. The minimum atomic E-state index is -0.245. The van der Waals surface area contributed by atoms with Gasteiger partial charge in [0, 0.05) is 56.9 Å². The van der Waals surface area contributed by atoms with E-state index in [4.69, 9.17) is 0 Å². The van der Waals surface area contributed by atoms with E-state index in [9.17, 15) is 9.59 Å². The summed E-state index contributed by atoms with van der Waals surface area (Å²) in [7, 11) is 0. The van der Waals surface area contributed by atoms with Crippen LogP contribution in [0.15, 0.2) is 53.6 Å². The predicted octanol–water partition coefficient (Wildman–Crippen LogP) is 1.92. The van der Waals surface area contributed by atoms with Crippen LogP contribution in [0.1, 0.15) is 31.0 Å². The van der Waals surface area contributed by atoms with Crippen LogP contribution in [-0.2, 0) is 17.8 Å². The van der Waals surface area contributed by atoms with Gasteiger partial charge in [-0.1, -0.05) is 31.2 Å². The van der Waals surface area contributed by atoms with Crippen LogP contribution in [0.4, 0.5) is 0 Å². The van der Waals surface area contributed by atoms with Crippen molar-refractivity contribution in [1.29, 1.82) is 0 Å². The van der Waals surface area contributed by atoms with Crippen molar-refractivity contribution in [2.45, 2.75) is 32.7 Å². The van der Waals surface area contributed by atoms with Crippen LogP contribution in [-0.4, -0.2) is 76.3 Å². The third-order valence-electron chi connectivity index (χ3n) is 6.31. The molecule has 1 aromatic carbocycles. The van der Waals surface area contributed by atoms with Gasteiger partial charge in [0.15, 0.2) is 0 Å². The molecule has 0 saturated carbocycles. The first-order valence-electron chi connectivity index (χ1n) is 12.2. The maximum absolute atomic E-state index is 13.0. The van der Waals surface area contributed by atoms with Gasteiger partial charge < -0.3 is 15.1 Å². The van der Waals surface area contributed by atoms with Crippen LogP contribution in [0.5, 0.6) is 0 Å². The number of benzene rings is 1. The molecule has 8 heteroatoms. The Morgan fingerprint density at radius 1 is 1.00 bits per heavy atom. The van der Waals surface area contributed by atoms with Crippen molar-refractivity contribution in [1.82, 2.24) is 29.9 Å². The van der Waals surface area contributed by atoms with E-state index in [1.807, 2.05) is 30.3 Å². The molecule has 1 fully saturated rings. The fraction of sp³-hybridized carbons (Fsp3) is 0.462. The van der Waals surface area contributed by atoms with Gasteiger partial charge in [-0.05, 0) is 43.6 Å². The predicted molar refractivity (Wildman–Crippen MR) is 134 cm³/mol. The van der Waals surface area contributed by atoms with E-state index in [1.54, 1.807) is 18.5 Å². The number of pyridine rings is 1. The van der Waals surface area contributed by atoms with Crippen LogP contribution < -0.4 is 10.9 Å². The molecule has 0 radical (unpaired) electrons. The van der Waals surface area contributed by atoms with Gasteiger partial charge in [0.2, 0.25) is 5.91 Å². The lowest BCUT2D eigenvalue weighted by molar-refractivity contribution is -0.121. The summed E-state index contributed by atoms with van der Waals surface area (Å²) in [6, 6.07) is 11.3. The average Bonchev–Trinajstić information content (AvgIpc) is 2.86. The molecule has 1 aliphatic rings. The standard InChI is InChI=1S/C26H34N6O2/c1-2-12-30-14-16-31(17-15-30)13-6-11-28-25(33)20-32-26(34)23-9-4-3-8-22(23)24(29-32)18-21-7-5-10-27-19-21/h3-5,7-10,19H,2,6,11-18,20H2,1H3,(H,28,33). The number of piperazine rings is 1. The molecule has 0 spiro atoms. The Morgan fingerprint density at radius 3 is 2.44 bits per heavy atom. The summed E-state index contributed by atoms with van der Waals surface area (Å²) in [4.78, 5) is 34.7. The van der Waals surface area contributed by atoms with Crippen molar-refractivity contribution in [3.05, 3.63) is 70.4 Å². The summed E-state index contributed by atoms with van der Waals surface area (Å²) in [5.74, 6) is -0.190. The van der Waals surface area contributed by atoms with Gasteiger partial charge >= 0.3 is 0 Å². The van der Waals surface area contributed by atoms with Crippen molar-refractivity contribution in [3.8, 4) is 0 Å². The number of hydrogen-bond donors (Lipinski definition) is 1. The molecule has 2 aromatic heterocycles. The summed E-state index contributed by atoms with van der Waals surface area (Å²) in [5.41, 5.74) is 1.52. The van der Waals surface area contributed by atoms with Crippen molar-refractivity contribution >= 4 is 16.7 Å². The van der Waals surface area contributed by atoms with E-state index in [-0.39, 0.29) is 18.0 Å². The number of rotatable bonds is 10. The highest BCUT2D eigenvalue weighted by Gasteiger charge is 2.16. The number of carbonyl (C=O) groups is 1. The fourth-order valence-electron chi connectivity index (χ4n) is 4.51. The highest BCUT2D eigenvalue weighted by molar-refractivity contribution is 5.84. The van der Waals surface area contributed by atoms with Gasteiger partial charge in [-0.25, -0.2) is 4.68 Å². The van der Waals surface area contributed by atoms with Crippen molar-refractivity contribution in [2.24, 2.45) is 0 Å². The maximum atomic E-state index is 13.0. The van der Waals surface area contributed by atoms with E-state index < -0.39 is 0 Å². The first kappa shape index (κ1) is 24.0. The quantitative estimate of drug-likeness (QED) is 0.464. The zero-order chi connectivity index (χ0) is 23.8. The second kappa shape index (κ2) is 11.9. The molecule has 0 unspecified atom stereocenters. The Balaban J connectivity index is 1.34. The van der Waals surface area contributed by atoms with Crippen LogP contribution in [0.2, 0.25) is 0 Å². The van der Waals surface area contributed by atoms with Crippen LogP contribution in [0, 0.1) is 0 Å². The number of nitrogens with one attached hydrogen (secondary N) is 1. The molecule has 3 heterocycles. The molecular weight excluding hydrogens is 428 g/mol. The fourth-order valence-corrected chi connectivity index (χ4v) is 4.51. The average molecular weight is 463 g/mol. The zero-order valence-electron chi connectivity index (χ0n) is 19.9. The van der Waals surface area contributed by atoms with Crippen LogP contribution in [0.25, 0.3) is 10.8 Å². The molecule has 1 amide bonds. The monoisotopic (exact) mass is 462 g/mol. The number of aromatic nitrogens is 3. The molecule has 0 atom stereocenters. The minimum Gasteiger partial charge on any atom is -0.354 e. The van der Waals surface area contributed by atoms with E-state index in [0.717, 1.165) is 55.8 Å². The summed E-state index contributed by atoms with van der Waals surface area (Å²) in [6.07, 6.45) is 6.16. The van der Waals surface area contributed by atoms with Crippen molar-refractivity contribution < 1.29 is 4.79 Å². The first-order chi connectivity index (χ1) is 16.6. The Bertz CT molecular complexity index is 1140. The third-order valence-corrected chi connectivity index (χ3v) is 6.31. The van der Waals surface area contributed by atoms with E-state index in [0.29, 0.717) is 18.4 Å². The molecule has 180 valence electrons. The van der Waals surface area contributed by atoms with Crippen LogP contribution >= 0.6 is 0 Å². The van der Waals surface area contributed by atoms with Gasteiger partial charge in [-0.15, -0.1) is 0 Å². The van der Waals surface area contributed by atoms with Gasteiger partial charge in [0.1, 0.15) is 6.54 Å². The lowest BCUT2D eigenvalue weighted by Gasteiger charge is -2.34. The largest absolute Gasteiger partial charge is 0.354 e. The summed E-state index contributed by atoms with van der Waals surface area (Å²) < 4.78 is 1.29. The lowest BCUT2D eigenvalue weighted by Crippen LogP contribution is -2.47. The zero-order valence-corrected chi connectivity index (χ0v) is 19.9. The highest BCUT2D eigenvalue weighted by atomic mass is 16.2. The smallest absolute Gasteiger partial charge is 0.275 e. The molecule has 4 rings (SSSR count). The number of nitrogens with zero attached hydrogens (tertiary/aromatic N) is 5. The summed E-state index contributed by atoms with van der Waals surface area (Å²) in [5, 5.41) is 8.91. The van der Waals surface area contributed by atoms with E-state index >= 15 is 0 Å². The SMILES string of the molecule is CCCN1CCN(CCCNC(=O)Cn2nc(Cc3cccnc3)c3ccccc3c2=O)CC1. The third kappa shape index (κ3) is 6.27. The molecule has 34 heavy (non-hydrogen) atoms. The molecule has 1 aliphatic heterocycles. The normalized spacial score (nSPS) is 15.0. The van der Waals surface area contributed by atoms with Gasteiger partial charge in [-0.3, -0.25) is 14.6 Å². The highest BCUT2D eigenvalue weighted by Crippen LogP contribution is 2.16. The Hall–Kier alpha value is -3.10. The molecular formula is C26H34N6O2. The van der Waals surface area contributed by atoms with Gasteiger partial charge in [0.05, 0.1) is 11.1 Å². The van der Waals surface area contributed by atoms with E-state index in [1.165, 1.54) is 17.6 Å². The topological polar surface area (TPSA) is 83.4 Å². The second-order valence-corrected chi connectivity index (χ2v) is 8.88. The molecule has 0 bridgehead atoms. The Kier molecular flexibility index (Phi) is 8.38. The number of amides is 1. The van der Waals surface area contributed by atoms with Gasteiger partial charge in [-0.2, -0.15) is 5.10 Å².